The number of sulfonamides is 1. The number of nitrogens with zero attached hydrogens (tertiary/aromatic N) is 2. The second-order valence-electron chi connectivity index (χ2n) is 9.11. The third-order valence-corrected chi connectivity index (χ3v) is 7.44. The van der Waals surface area contributed by atoms with Crippen LogP contribution in [-0.4, -0.2) is 50.0 Å². The number of benzene rings is 2. The van der Waals surface area contributed by atoms with Gasteiger partial charge in [0.15, 0.2) is 0 Å². The first kappa shape index (κ1) is 28.7. The Kier molecular flexibility index (Phi) is 10.2. The molecule has 0 aliphatic carbocycles. The molecule has 35 heavy (non-hydrogen) atoms. The minimum Gasteiger partial charge on any atom is -0.352 e. The molecule has 0 spiro atoms. The SMILES string of the molecule is Cc1cccc(N(CCCC(=O)N(Cc2ccccc2Cl)C(C)C(=O)NC(C)C)S(C)(=O)=O)c1C. The van der Waals surface area contributed by atoms with Gasteiger partial charge in [0.1, 0.15) is 6.04 Å². The van der Waals surface area contributed by atoms with Crippen molar-refractivity contribution in [3.05, 3.63) is 64.2 Å². The molecule has 0 fully saturated rings. The molecule has 2 aromatic carbocycles. The molecule has 1 unspecified atom stereocenters. The smallest absolute Gasteiger partial charge is 0.242 e. The normalized spacial score (nSPS) is 12.3. The molecule has 0 saturated carbocycles. The number of hydrogen-bond donors (Lipinski definition) is 1. The number of rotatable bonds is 11. The van der Waals surface area contributed by atoms with Gasteiger partial charge in [0.2, 0.25) is 21.8 Å². The van der Waals surface area contributed by atoms with Crippen LogP contribution in [0.2, 0.25) is 5.02 Å². The first-order valence-corrected chi connectivity index (χ1v) is 13.9. The number of amides is 2. The van der Waals surface area contributed by atoms with Crippen molar-refractivity contribution in [1.29, 1.82) is 0 Å². The number of anilines is 1. The summed E-state index contributed by atoms with van der Waals surface area (Å²) < 4.78 is 26.4. The lowest BCUT2D eigenvalue weighted by atomic mass is 10.1. The highest BCUT2D eigenvalue weighted by atomic mass is 35.5. The fourth-order valence-electron chi connectivity index (χ4n) is 3.79. The number of nitrogens with one attached hydrogen (secondary N) is 1. The summed E-state index contributed by atoms with van der Waals surface area (Å²) in [5.74, 6) is -0.501. The lowest BCUT2D eigenvalue weighted by Gasteiger charge is -2.30. The molecule has 7 nitrogen and oxygen atoms in total. The average molecular weight is 522 g/mol. The fourth-order valence-corrected chi connectivity index (χ4v) is 5.00. The van der Waals surface area contributed by atoms with Gasteiger partial charge >= 0.3 is 0 Å². The lowest BCUT2D eigenvalue weighted by Crippen LogP contribution is -2.49. The van der Waals surface area contributed by atoms with Crippen LogP contribution in [0.25, 0.3) is 0 Å². The van der Waals surface area contributed by atoms with Crippen molar-refractivity contribution in [1.82, 2.24) is 10.2 Å². The summed E-state index contributed by atoms with van der Waals surface area (Å²) in [4.78, 5) is 27.5. The molecular formula is C26H36ClN3O4S. The Morgan fingerprint density at radius 1 is 1.03 bits per heavy atom. The molecule has 0 radical (unpaired) electrons. The fraction of sp³-hybridized carbons (Fsp3) is 0.462. The van der Waals surface area contributed by atoms with E-state index in [1.165, 1.54) is 15.5 Å². The van der Waals surface area contributed by atoms with Crippen LogP contribution < -0.4 is 9.62 Å². The van der Waals surface area contributed by atoms with Crippen molar-refractivity contribution in [2.45, 2.75) is 66.1 Å². The molecule has 192 valence electrons. The summed E-state index contributed by atoms with van der Waals surface area (Å²) in [6.45, 7) is 9.55. The molecule has 2 aromatic rings. The molecule has 0 aliphatic heterocycles. The van der Waals surface area contributed by atoms with Crippen LogP contribution in [0.4, 0.5) is 5.69 Å². The number of carbonyl (C=O) groups is 2. The number of halogens is 1. The first-order chi connectivity index (χ1) is 16.3. The summed E-state index contributed by atoms with van der Waals surface area (Å²) in [5.41, 5.74) is 3.21. The second-order valence-corrected chi connectivity index (χ2v) is 11.4. The molecule has 0 bridgehead atoms. The van der Waals surface area contributed by atoms with E-state index in [0.29, 0.717) is 17.1 Å². The van der Waals surface area contributed by atoms with Crippen LogP contribution in [0.1, 0.15) is 50.3 Å². The van der Waals surface area contributed by atoms with Crippen molar-refractivity contribution in [3.63, 3.8) is 0 Å². The Balaban J connectivity index is 2.22. The van der Waals surface area contributed by atoms with Gasteiger partial charge in [-0.2, -0.15) is 0 Å². The molecule has 2 rings (SSSR count). The zero-order valence-electron chi connectivity index (χ0n) is 21.3. The topological polar surface area (TPSA) is 86.8 Å². The van der Waals surface area contributed by atoms with Crippen molar-refractivity contribution < 1.29 is 18.0 Å². The van der Waals surface area contributed by atoms with Crippen LogP contribution in [0.3, 0.4) is 0 Å². The predicted octanol–water partition coefficient (Wildman–Crippen LogP) is 4.44. The highest BCUT2D eigenvalue weighted by Crippen LogP contribution is 2.26. The Labute approximate surface area is 214 Å². The van der Waals surface area contributed by atoms with E-state index in [1.807, 2.05) is 52.0 Å². The Hall–Kier alpha value is -2.58. The summed E-state index contributed by atoms with van der Waals surface area (Å²) >= 11 is 6.32. The molecule has 0 heterocycles. The highest BCUT2D eigenvalue weighted by Gasteiger charge is 2.27. The molecule has 1 N–H and O–H groups in total. The summed E-state index contributed by atoms with van der Waals surface area (Å²) in [6.07, 6.45) is 1.55. The highest BCUT2D eigenvalue weighted by molar-refractivity contribution is 7.92. The predicted molar refractivity (Wildman–Crippen MR) is 142 cm³/mol. The number of carbonyl (C=O) groups excluding carboxylic acids is 2. The maximum atomic E-state index is 13.3. The zero-order chi connectivity index (χ0) is 26.3. The largest absolute Gasteiger partial charge is 0.352 e. The standard InChI is InChI=1S/C26H36ClN3O4S/c1-18(2)28-26(32)21(5)29(17-22-12-7-8-13-23(22)27)25(31)15-10-16-30(35(6,33)34)24-14-9-11-19(3)20(24)4/h7-9,11-14,18,21H,10,15-17H2,1-6H3,(H,28,32). The molecule has 0 aliphatic rings. The third kappa shape index (κ3) is 7.97. The van der Waals surface area contributed by atoms with E-state index in [9.17, 15) is 18.0 Å². The molecule has 0 aromatic heterocycles. The van der Waals surface area contributed by atoms with E-state index in [1.54, 1.807) is 25.1 Å². The maximum absolute atomic E-state index is 13.3. The van der Waals surface area contributed by atoms with Gasteiger partial charge in [-0.05, 0) is 69.9 Å². The Bertz CT molecular complexity index is 1150. The van der Waals surface area contributed by atoms with Crippen molar-refractivity contribution in [3.8, 4) is 0 Å². The van der Waals surface area contributed by atoms with E-state index in [2.05, 4.69) is 5.32 Å². The van der Waals surface area contributed by atoms with Crippen LogP contribution in [0.5, 0.6) is 0 Å². The number of aryl methyl sites for hydroxylation is 1. The van der Waals surface area contributed by atoms with E-state index in [0.717, 1.165) is 16.7 Å². The molecular weight excluding hydrogens is 486 g/mol. The van der Waals surface area contributed by atoms with Crippen molar-refractivity contribution in [2.75, 3.05) is 17.1 Å². The zero-order valence-corrected chi connectivity index (χ0v) is 22.9. The van der Waals surface area contributed by atoms with E-state index in [4.69, 9.17) is 11.6 Å². The van der Waals surface area contributed by atoms with Crippen LogP contribution >= 0.6 is 11.6 Å². The summed E-state index contributed by atoms with van der Waals surface area (Å²) in [5, 5.41) is 3.37. The average Bonchev–Trinajstić information content (AvgIpc) is 2.76. The minimum atomic E-state index is -3.55. The summed E-state index contributed by atoms with van der Waals surface area (Å²) in [7, 11) is -3.55. The van der Waals surface area contributed by atoms with E-state index >= 15 is 0 Å². The molecule has 0 saturated heterocycles. The van der Waals surface area contributed by atoms with E-state index in [-0.39, 0.29) is 37.4 Å². The number of hydrogen-bond acceptors (Lipinski definition) is 4. The first-order valence-electron chi connectivity index (χ1n) is 11.7. The third-order valence-electron chi connectivity index (χ3n) is 5.89. The van der Waals surface area contributed by atoms with Crippen LogP contribution in [0.15, 0.2) is 42.5 Å². The van der Waals surface area contributed by atoms with E-state index < -0.39 is 16.1 Å². The molecule has 1 atom stereocenters. The van der Waals surface area contributed by atoms with Crippen LogP contribution in [-0.2, 0) is 26.2 Å². The van der Waals surface area contributed by atoms with Gasteiger partial charge in [-0.25, -0.2) is 8.42 Å². The quantitative estimate of drug-likeness (QED) is 0.473. The van der Waals surface area contributed by atoms with Crippen molar-refractivity contribution >= 4 is 39.1 Å². The Morgan fingerprint density at radius 3 is 2.29 bits per heavy atom. The van der Waals surface area contributed by atoms with Gasteiger partial charge < -0.3 is 10.2 Å². The molecule has 9 heteroatoms. The minimum absolute atomic E-state index is 0.0666. The van der Waals surface area contributed by atoms with Gasteiger partial charge in [-0.1, -0.05) is 41.9 Å². The summed E-state index contributed by atoms with van der Waals surface area (Å²) in [6, 6.07) is 11.9. The van der Waals surface area contributed by atoms with Gasteiger partial charge in [0.05, 0.1) is 11.9 Å². The van der Waals surface area contributed by atoms with Crippen molar-refractivity contribution in [2.24, 2.45) is 0 Å². The Morgan fingerprint density at radius 2 is 1.69 bits per heavy atom. The maximum Gasteiger partial charge on any atom is 0.242 e. The van der Waals surface area contributed by atoms with Gasteiger partial charge in [0.25, 0.3) is 0 Å². The van der Waals surface area contributed by atoms with Gasteiger partial charge in [0, 0.05) is 30.6 Å². The second kappa shape index (κ2) is 12.4. The lowest BCUT2D eigenvalue weighted by molar-refractivity contribution is -0.140. The van der Waals surface area contributed by atoms with Crippen LogP contribution in [0, 0.1) is 13.8 Å². The molecule has 2 amide bonds. The van der Waals surface area contributed by atoms with Gasteiger partial charge in [-0.3, -0.25) is 13.9 Å². The van der Waals surface area contributed by atoms with Gasteiger partial charge in [-0.15, -0.1) is 0 Å². The monoisotopic (exact) mass is 521 g/mol.